The number of aliphatic imine (C=N–C) groups is 1. The standard InChI is InChI=1S/C25H37N5O2.HI/c1-20-10-11-24(32-20)23(29-13-15-31-16-14-29)18-28-25(26-2)27-17-22-9-6-12-30(22)19-21-7-4-3-5-8-21;/h3-5,7-8,10-11,22-23H,6,9,12-19H2,1-2H3,(H2,26,27,28);1H. The molecular formula is C25H38IN5O2. The smallest absolute Gasteiger partial charge is 0.191 e. The van der Waals surface area contributed by atoms with Crippen molar-refractivity contribution in [1.29, 1.82) is 0 Å². The minimum atomic E-state index is 0. The Kier molecular flexibility index (Phi) is 10.5. The Morgan fingerprint density at radius 3 is 2.58 bits per heavy atom. The summed E-state index contributed by atoms with van der Waals surface area (Å²) in [6.45, 7) is 9.16. The maximum atomic E-state index is 5.99. The lowest BCUT2D eigenvalue weighted by Gasteiger charge is -2.33. The van der Waals surface area contributed by atoms with E-state index in [9.17, 15) is 0 Å². The maximum absolute atomic E-state index is 5.99. The molecule has 0 radical (unpaired) electrons. The minimum absolute atomic E-state index is 0. The lowest BCUT2D eigenvalue weighted by atomic mass is 10.1. The van der Waals surface area contributed by atoms with Crippen LogP contribution < -0.4 is 10.6 Å². The van der Waals surface area contributed by atoms with E-state index in [-0.39, 0.29) is 30.0 Å². The van der Waals surface area contributed by atoms with Crippen LogP contribution in [0, 0.1) is 6.92 Å². The molecule has 2 aliphatic rings. The molecule has 7 nitrogen and oxygen atoms in total. The first kappa shape index (κ1) is 26.0. The largest absolute Gasteiger partial charge is 0.465 e. The van der Waals surface area contributed by atoms with Gasteiger partial charge in [-0.3, -0.25) is 14.8 Å². The highest BCUT2D eigenvalue weighted by Gasteiger charge is 2.27. The zero-order valence-electron chi connectivity index (χ0n) is 19.8. The van der Waals surface area contributed by atoms with Crippen molar-refractivity contribution in [3.05, 3.63) is 59.5 Å². The molecule has 8 heteroatoms. The average Bonchev–Trinajstić information content (AvgIpc) is 3.46. The van der Waals surface area contributed by atoms with Crippen LogP contribution in [0.2, 0.25) is 0 Å². The van der Waals surface area contributed by atoms with Crippen molar-refractivity contribution in [2.75, 3.05) is 53.0 Å². The molecule has 1 aromatic heterocycles. The van der Waals surface area contributed by atoms with Gasteiger partial charge in [0.25, 0.3) is 0 Å². The molecule has 0 spiro atoms. The molecule has 4 rings (SSSR count). The van der Waals surface area contributed by atoms with Crippen molar-refractivity contribution in [2.24, 2.45) is 4.99 Å². The van der Waals surface area contributed by atoms with Crippen molar-refractivity contribution in [3.63, 3.8) is 0 Å². The van der Waals surface area contributed by atoms with Crippen molar-refractivity contribution in [3.8, 4) is 0 Å². The average molecular weight is 568 g/mol. The van der Waals surface area contributed by atoms with E-state index < -0.39 is 0 Å². The molecule has 0 amide bonds. The predicted octanol–water partition coefficient (Wildman–Crippen LogP) is 3.41. The van der Waals surface area contributed by atoms with E-state index in [2.05, 4.69) is 61.8 Å². The summed E-state index contributed by atoms with van der Waals surface area (Å²) in [5, 5.41) is 7.11. The molecule has 182 valence electrons. The molecule has 0 saturated carbocycles. The van der Waals surface area contributed by atoms with E-state index in [0.29, 0.717) is 6.04 Å². The molecule has 33 heavy (non-hydrogen) atoms. The first-order chi connectivity index (χ1) is 15.7. The number of ether oxygens (including phenoxy) is 1. The second kappa shape index (κ2) is 13.3. The Balaban J connectivity index is 0.00000306. The van der Waals surface area contributed by atoms with E-state index in [0.717, 1.165) is 70.0 Å². The van der Waals surface area contributed by atoms with Crippen LogP contribution in [0.5, 0.6) is 0 Å². The first-order valence-electron chi connectivity index (χ1n) is 11.8. The van der Waals surface area contributed by atoms with Gasteiger partial charge in [-0.05, 0) is 44.0 Å². The van der Waals surface area contributed by atoms with E-state index in [1.807, 2.05) is 20.0 Å². The van der Waals surface area contributed by atoms with Crippen LogP contribution in [-0.4, -0.2) is 74.8 Å². The number of benzene rings is 1. The highest BCUT2D eigenvalue weighted by Crippen LogP contribution is 2.23. The lowest BCUT2D eigenvalue weighted by molar-refractivity contribution is 0.0124. The second-order valence-corrected chi connectivity index (χ2v) is 8.70. The summed E-state index contributed by atoms with van der Waals surface area (Å²) < 4.78 is 11.5. The van der Waals surface area contributed by atoms with Gasteiger partial charge in [-0.2, -0.15) is 0 Å². The molecule has 2 saturated heterocycles. The number of furan rings is 1. The van der Waals surface area contributed by atoms with Crippen LogP contribution in [0.4, 0.5) is 0 Å². The van der Waals surface area contributed by atoms with Gasteiger partial charge in [-0.25, -0.2) is 0 Å². The summed E-state index contributed by atoms with van der Waals surface area (Å²) in [4.78, 5) is 9.49. The number of nitrogens with zero attached hydrogens (tertiary/aromatic N) is 3. The van der Waals surface area contributed by atoms with Gasteiger partial charge in [0, 0.05) is 45.8 Å². The third-order valence-corrected chi connectivity index (χ3v) is 6.50. The first-order valence-corrected chi connectivity index (χ1v) is 11.8. The van der Waals surface area contributed by atoms with Gasteiger partial charge in [0.2, 0.25) is 0 Å². The number of morpholine rings is 1. The van der Waals surface area contributed by atoms with E-state index in [4.69, 9.17) is 9.15 Å². The topological polar surface area (TPSA) is 65.3 Å². The van der Waals surface area contributed by atoms with E-state index in [1.54, 1.807) is 0 Å². The van der Waals surface area contributed by atoms with Crippen molar-refractivity contribution >= 4 is 29.9 Å². The quantitative estimate of drug-likeness (QED) is 0.290. The summed E-state index contributed by atoms with van der Waals surface area (Å²) in [6.07, 6.45) is 2.47. The number of likely N-dealkylation sites (tertiary alicyclic amines) is 1. The summed E-state index contributed by atoms with van der Waals surface area (Å²) in [5.41, 5.74) is 1.38. The Bertz CT molecular complexity index is 853. The summed E-state index contributed by atoms with van der Waals surface area (Å²) in [6, 6.07) is 15.6. The van der Waals surface area contributed by atoms with Gasteiger partial charge < -0.3 is 19.8 Å². The van der Waals surface area contributed by atoms with Gasteiger partial charge in [-0.1, -0.05) is 30.3 Å². The summed E-state index contributed by atoms with van der Waals surface area (Å²) >= 11 is 0. The van der Waals surface area contributed by atoms with Gasteiger partial charge in [0.1, 0.15) is 11.5 Å². The molecule has 2 fully saturated rings. The fourth-order valence-electron chi connectivity index (χ4n) is 4.71. The molecule has 2 N–H and O–H groups in total. The number of aryl methyl sites for hydroxylation is 1. The van der Waals surface area contributed by atoms with Crippen LogP contribution in [0.3, 0.4) is 0 Å². The Morgan fingerprint density at radius 2 is 1.88 bits per heavy atom. The molecule has 2 aliphatic heterocycles. The lowest BCUT2D eigenvalue weighted by Crippen LogP contribution is -2.48. The van der Waals surface area contributed by atoms with Crippen LogP contribution >= 0.6 is 24.0 Å². The Morgan fingerprint density at radius 1 is 1.09 bits per heavy atom. The molecule has 0 bridgehead atoms. The normalized spacial score (nSPS) is 20.9. The number of hydrogen-bond acceptors (Lipinski definition) is 5. The van der Waals surface area contributed by atoms with E-state index in [1.165, 1.54) is 18.4 Å². The SMILES string of the molecule is CN=C(NCC1CCCN1Cc1ccccc1)NCC(c1ccc(C)o1)N1CCOCC1.I. The zero-order chi connectivity index (χ0) is 22.2. The summed E-state index contributed by atoms with van der Waals surface area (Å²) in [7, 11) is 1.84. The van der Waals surface area contributed by atoms with E-state index >= 15 is 0 Å². The van der Waals surface area contributed by atoms with Crippen molar-refractivity contribution < 1.29 is 9.15 Å². The van der Waals surface area contributed by atoms with Gasteiger partial charge >= 0.3 is 0 Å². The number of rotatable bonds is 8. The number of hydrogen-bond donors (Lipinski definition) is 2. The van der Waals surface area contributed by atoms with Crippen LogP contribution in [0.15, 0.2) is 51.9 Å². The third kappa shape index (κ3) is 7.43. The number of guanidine groups is 1. The number of nitrogens with one attached hydrogen (secondary N) is 2. The van der Waals surface area contributed by atoms with Crippen molar-refractivity contribution in [2.45, 2.75) is 38.4 Å². The second-order valence-electron chi connectivity index (χ2n) is 8.70. The maximum Gasteiger partial charge on any atom is 0.191 e. The van der Waals surface area contributed by atoms with Crippen LogP contribution in [0.1, 0.15) is 36.0 Å². The third-order valence-electron chi connectivity index (χ3n) is 6.50. The Hall–Kier alpha value is -1.62. The minimum Gasteiger partial charge on any atom is -0.465 e. The number of halogens is 1. The summed E-state index contributed by atoms with van der Waals surface area (Å²) in [5.74, 6) is 2.79. The highest BCUT2D eigenvalue weighted by atomic mass is 127. The molecule has 1 aromatic carbocycles. The molecular weight excluding hydrogens is 529 g/mol. The molecule has 2 aromatic rings. The zero-order valence-corrected chi connectivity index (χ0v) is 22.2. The molecule has 3 heterocycles. The Labute approximate surface area is 215 Å². The van der Waals surface area contributed by atoms with Gasteiger partial charge in [-0.15, -0.1) is 24.0 Å². The van der Waals surface area contributed by atoms with Crippen LogP contribution in [-0.2, 0) is 11.3 Å². The van der Waals surface area contributed by atoms with Gasteiger partial charge in [0.15, 0.2) is 5.96 Å². The van der Waals surface area contributed by atoms with Gasteiger partial charge in [0.05, 0.1) is 19.3 Å². The monoisotopic (exact) mass is 567 g/mol. The van der Waals surface area contributed by atoms with Crippen molar-refractivity contribution in [1.82, 2.24) is 20.4 Å². The fraction of sp³-hybridized carbons (Fsp3) is 0.560. The molecule has 2 unspecified atom stereocenters. The fourth-order valence-corrected chi connectivity index (χ4v) is 4.71. The molecule has 2 atom stereocenters. The van der Waals surface area contributed by atoms with Crippen LogP contribution in [0.25, 0.3) is 0 Å². The molecule has 0 aliphatic carbocycles. The highest BCUT2D eigenvalue weighted by molar-refractivity contribution is 14.0. The predicted molar refractivity (Wildman–Crippen MR) is 143 cm³/mol.